The van der Waals surface area contributed by atoms with Crippen LogP contribution in [0.25, 0.3) is 10.8 Å². The van der Waals surface area contributed by atoms with E-state index in [4.69, 9.17) is 14.6 Å². The highest BCUT2D eigenvalue weighted by Gasteiger charge is 2.27. The number of nitrogens with one attached hydrogen (secondary N) is 5. The first-order chi connectivity index (χ1) is 35.1. The molecule has 2 aromatic carbocycles. The van der Waals surface area contributed by atoms with E-state index in [9.17, 15) is 58.5 Å². The molecule has 1 saturated heterocycles. The Morgan fingerprint density at radius 3 is 1.79 bits per heavy atom. The molecule has 404 valence electrons. The van der Waals surface area contributed by atoms with Crippen molar-refractivity contribution in [2.45, 2.75) is 82.5 Å². The minimum atomic E-state index is -1.47. The second-order valence-corrected chi connectivity index (χ2v) is 18.6. The van der Waals surface area contributed by atoms with Crippen molar-refractivity contribution in [2.24, 2.45) is 11.8 Å². The minimum Gasteiger partial charge on any atom is -0.481 e. The van der Waals surface area contributed by atoms with Gasteiger partial charge in [-0.05, 0) is 86.1 Å². The molecule has 0 bridgehead atoms. The summed E-state index contributed by atoms with van der Waals surface area (Å²) >= 11 is 0. The summed E-state index contributed by atoms with van der Waals surface area (Å²) in [4.78, 5) is 115. The highest BCUT2D eigenvalue weighted by molar-refractivity contribution is 5.85. The first kappa shape index (κ1) is 59.1. The van der Waals surface area contributed by atoms with E-state index in [0.717, 1.165) is 42.0 Å². The number of carbonyl (C=O) groups excluding carboxylic acids is 5. The number of rotatable bonds is 30. The van der Waals surface area contributed by atoms with Crippen LogP contribution in [0.5, 0.6) is 0 Å². The van der Waals surface area contributed by atoms with Gasteiger partial charge < -0.3 is 56.5 Å². The summed E-state index contributed by atoms with van der Waals surface area (Å²) in [6, 6.07) is 11.1. The first-order valence-corrected chi connectivity index (χ1v) is 24.8. The normalized spacial score (nSPS) is 18.8. The summed E-state index contributed by atoms with van der Waals surface area (Å²) in [5, 5.41) is 53.6. The fraction of sp³-hybridized carbons (Fsp3) is 0.612. The first-order valence-electron chi connectivity index (χ1n) is 24.8. The average molecular weight is 1030 g/mol. The zero-order valence-corrected chi connectivity index (χ0v) is 41.3. The summed E-state index contributed by atoms with van der Waals surface area (Å²) in [6.07, 6.45) is 3.09. The molecule has 0 radical (unpaired) electrons. The van der Waals surface area contributed by atoms with Gasteiger partial charge >= 0.3 is 29.9 Å². The molecule has 4 rings (SSSR count). The standard InChI is InChI=1S/C49H73N9O15/c59-33-72-32-58-23-21-55(17-18-56(30-45(64)65)19-20-57(22-24-58)31-46(66)67)29-42(61)52-28-36-10-8-35(9-11-36)27-51-41(26-37-12-13-38-5-1-2-6-39(38)25-37)47(68)50-16-4-3-7-43(73-34-60)54-49(71)53-40(48(69)70)14-15-44(62)63/h1-2,5-6,12-13,25,33-36,40-41,43,51H,3-4,7-11,14-24,26-32H2,(H,50,68)(H,52,61)(H,62,63)(H,64,65)(H,66,67)(H,69,70)(H2,53,54,71)/t35?,36?,40-,41-,43+/m0/s1. The SMILES string of the molecule is O=COCN1CCN(CC(=O)O)CCN(CC(=O)O)CCN(CC(=O)NCC2CCC(CN[C@@H](Cc3ccc4ccccc4c3)C(=O)NCCCC[C@H](NC(=O)N[C@@H](CCC(=O)O)C(=O)O)OC=O)CC2)CC1. The molecular weight excluding hydrogens is 955 g/mol. The third-order valence-electron chi connectivity index (χ3n) is 13.1. The van der Waals surface area contributed by atoms with Crippen LogP contribution >= 0.6 is 0 Å². The lowest BCUT2D eigenvalue weighted by Gasteiger charge is -2.33. The Morgan fingerprint density at radius 2 is 1.22 bits per heavy atom. The van der Waals surface area contributed by atoms with E-state index < -0.39 is 54.6 Å². The zero-order chi connectivity index (χ0) is 53.0. The Labute approximate surface area is 424 Å². The van der Waals surface area contributed by atoms with Crippen molar-refractivity contribution in [1.82, 2.24) is 46.2 Å². The molecule has 0 aromatic heterocycles. The fourth-order valence-corrected chi connectivity index (χ4v) is 8.93. The van der Waals surface area contributed by atoms with Gasteiger partial charge in [0.1, 0.15) is 12.8 Å². The average Bonchev–Trinajstić information content (AvgIpc) is 3.35. The van der Waals surface area contributed by atoms with E-state index in [1.54, 1.807) is 9.80 Å². The maximum Gasteiger partial charge on any atom is 0.326 e. The van der Waals surface area contributed by atoms with Crippen LogP contribution in [0.2, 0.25) is 0 Å². The van der Waals surface area contributed by atoms with Crippen LogP contribution in [-0.2, 0) is 54.3 Å². The summed E-state index contributed by atoms with van der Waals surface area (Å²) in [6.45, 7) is 4.47. The van der Waals surface area contributed by atoms with E-state index in [2.05, 4.69) is 32.7 Å². The second kappa shape index (κ2) is 32.6. The minimum absolute atomic E-state index is 0.00153. The number of unbranched alkanes of at least 4 members (excludes halogenated alkanes) is 1. The number of fused-ring (bicyclic) bond motifs is 1. The van der Waals surface area contributed by atoms with Crippen LogP contribution in [0.1, 0.15) is 63.4 Å². The number of carbonyl (C=O) groups is 9. The molecule has 9 N–H and O–H groups in total. The molecule has 0 spiro atoms. The van der Waals surface area contributed by atoms with Gasteiger partial charge in [0.25, 0.3) is 12.9 Å². The number of carboxylic acids is 4. The van der Waals surface area contributed by atoms with Crippen LogP contribution in [0, 0.1) is 11.8 Å². The van der Waals surface area contributed by atoms with Gasteiger partial charge in [-0.1, -0.05) is 42.5 Å². The van der Waals surface area contributed by atoms with E-state index in [1.807, 2.05) is 46.2 Å². The smallest absolute Gasteiger partial charge is 0.326 e. The molecule has 0 unspecified atom stereocenters. The molecule has 2 aromatic rings. The van der Waals surface area contributed by atoms with E-state index in [-0.39, 0.29) is 70.0 Å². The van der Waals surface area contributed by atoms with Crippen molar-refractivity contribution in [1.29, 1.82) is 0 Å². The summed E-state index contributed by atoms with van der Waals surface area (Å²) in [5.41, 5.74) is 0.982. The van der Waals surface area contributed by atoms with Crippen molar-refractivity contribution >= 4 is 65.4 Å². The Bertz CT molecular complexity index is 2110. The predicted octanol–water partition coefficient (Wildman–Crippen LogP) is 0.187. The van der Waals surface area contributed by atoms with Gasteiger partial charge in [0.2, 0.25) is 11.8 Å². The third-order valence-corrected chi connectivity index (χ3v) is 13.1. The van der Waals surface area contributed by atoms with Crippen LogP contribution in [0.15, 0.2) is 42.5 Å². The van der Waals surface area contributed by atoms with Crippen LogP contribution < -0.4 is 26.6 Å². The van der Waals surface area contributed by atoms with Crippen LogP contribution in [0.4, 0.5) is 4.79 Å². The molecule has 1 saturated carbocycles. The summed E-state index contributed by atoms with van der Waals surface area (Å²) < 4.78 is 9.98. The maximum atomic E-state index is 13.8. The second-order valence-electron chi connectivity index (χ2n) is 18.6. The molecule has 4 amide bonds. The lowest BCUT2D eigenvalue weighted by molar-refractivity contribution is -0.141. The summed E-state index contributed by atoms with van der Waals surface area (Å²) in [5.74, 6) is -4.46. The van der Waals surface area contributed by atoms with Crippen molar-refractivity contribution in [3.8, 4) is 0 Å². The topological polar surface area (TPSA) is 326 Å². The van der Waals surface area contributed by atoms with Gasteiger partial charge in [-0.3, -0.25) is 53.2 Å². The van der Waals surface area contributed by atoms with E-state index >= 15 is 0 Å². The number of amides is 4. The summed E-state index contributed by atoms with van der Waals surface area (Å²) in [7, 11) is 0. The van der Waals surface area contributed by atoms with E-state index in [0.29, 0.717) is 97.1 Å². The highest BCUT2D eigenvalue weighted by Crippen LogP contribution is 2.28. The van der Waals surface area contributed by atoms with Gasteiger partial charge in [0, 0.05) is 78.3 Å². The molecule has 1 heterocycles. The number of urea groups is 1. The number of benzene rings is 2. The van der Waals surface area contributed by atoms with Gasteiger partial charge in [-0.2, -0.15) is 0 Å². The van der Waals surface area contributed by atoms with Gasteiger partial charge in [-0.25, -0.2) is 9.59 Å². The third kappa shape index (κ3) is 23.7. The Kier molecular flexibility index (Phi) is 26.4. The monoisotopic (exact) mass is 1030 g/mol. The molecule has 73 heavy (non-hydrogen) atoms. The van der Waals surface area contributed by atoms with Crippen LogP contribution in [-0.4, -0.2) is 211 Å². The lowest BCUT2D eigenvalue weighted by Crippen LogP contribution is -2.49. The molecule has 1 aliphatic carbocycles. The Hall–Kier alpha value is -6.47. The maximum absolute atomic E-state index is 13.8. The van der Waals surface area contributed by atoms with Gasteiger partial charge in [-0.15, -0.1) is 0 Å². The Morgan fingerprint density at radius 1 is 0.630 bits per heavy atom. The largest absolute Gasteiger partial charge is 0.481 e. The zero-order valence-electron chi connectivity index (χ0n) is 41.3. The fourth-order valence-electron chi connectivity index (χ4n) is 8.93. The number of aliphatic carboxylic acids is 4. The molecular formula is C49H73N9O15. The lowest BCUT2D eigenvalue weighted by atomic mass is 9.82. The highest BCUT2D eigenvalue weighted by atomic mass is 16.5. The quantitative estimate of drug-likeness (QED) is 0.0286. The Balaban J connectivity index is 1.27. The van der Waals surface area contributed by atoms with Gasteiger partial charge in [0.05, 0.1) is 25.7 Å². The molecule has 2 aliphatic rings. The van der Waals surface area contributed by atoms with Crippen molar-refractivity contribution < 1.29 is 73.1 Å². The molecule has 24 nitrogen and oxygen atoms in total. The number of hydrogen-bond donors (Lipinski definition) is 9. The van der Waals surface area contributed by atoms with Crippen molar-refractivity contribution in [3.05, 3.63) is 48.0 Å². The molecule has 2 fully saturated rings. The molecule has 24 heteroatoms. The van der Waals surface area contributed by atoms with Crippen LogP contribution in [0.3, 0.4) is 0 Å². The van der Waals surface area contributed by atoms with Crippen molar-refractivity contribution in [2.75, 3.05) is 98.4 Å². The molecule has 3 atom stereocenters. The number of hydrogen-bond acceptors (Lipinski definition) is 16. The van der Waals surface area contributed by atoms with Crippen molar-refractivity contribution in [3.63, 3.8) is 0 Å². The molecule has 1 aliphatic heterocycles. The van der Waals surface area contributed by atoms with Gasteiger partial charge in [0.15, 0.2) is 6.23 Å². The number of ether oxygens (including phenoxy) is 2. The number of carboxylic acid groups (broad SMARTS) is 4. The number of nitrogens with zero attached hydrogens (tertiary/aromatic N) is 4. The predicted molar refractivity (Wildman–Crippen MR) is 264 cm³/mol. The van der Waals surface area contributed by atoms with E-state index in [1.165, 1.54) is 0 Å².